The number of hydrogen-bond donors (Lipinski definition) is 1. The molecule has 1 rings (SSSR count). The standard InChI is InChI=1S/C11H19ClN2O2/c1-11(2,3)16-10(15)14-6-4-8(5-7-14)9(12)13/h8,13H,4-7H2,1-3H3. The summed E-state index contributed by atoms with van der Waals surface area (Å²) in [6.07, 6.45) is 1.23. The number of carbonyl (C=O) groups excluding carboxylic acids is 1. The quantitative estimate of drug-likeness (QED) is 0.724. The minimum absolute atomic E-state index is 0.111. The molecule has 1 amide bonds. The molecule has 1 fully saturated rings. The maximum atomic E-state index is 11.7. The smallest absolute Gasteiger partial charge is 0.410 e. The summed E-state index contributed by atoms with van der Waals surface area (Å²) in [5, 5.41) is 7.53. The molecular weight excluding hydrogens is 228 g/mol. The summed E-state index contributed by atoms with van der Waals surface area (Å²) < 4.78 is 5.27. The highest BCUT2D eigenvalue weighted by Gasteiger charge is 2.27. The van der Waals surface area contributed by atoms with Crippen LogP contribution in [0.1, 0.15) is 33.6 Å². The molecule has 1 N–H and O–H groups in total. The Morgan fingerprint density at radius 3 is 2.25 bits per heavy atom. The van der Waals surface area contributed by atoms with Crippen molar-refractivity contribution < 1.29 is 9.53 Å². The van der Waals surface area contributed by atoms with Crippen molar-refractivity contribution in [2.45, 2.75) is 39.2 Å². The van der Waals surface area contributed by atoms with Crippen LogP contribution < -0.4 is 0 Å². The van der Waals surface area contributed by atoms with E-state index in [2.05, 4.69) is 0 Å². The molecule has 1 aliphatic heterocycles. The van der Waals surface area contributed by atoms with Gasteiger partial charge in [-0.2, -0.15) is 0 Å². The Kier molecular flexibility index (Phi) is 4.19. The van der Waals surface area contributed by atoms with Crippen LogP contribution in [0.25, 0.3) is 0 Å². The average molecular weight is 247 g/mol. The normalized spacial score (nSPS) is 18.4. The van der Waals surface area contributed by atoms with Crippen LogP contribution in [0.15, 0.2) is 0 Å². The van der Waals surface area contributed by atoms with E-state index in [-0.39, 0.29) is 17.2 Å². The highest BCUT2D eigenvalue weighted by molar-refractivity contribution is 6.64. The van der Waals surface area contributed by atoms with Crippen LogP contribution in [0.4, 0.5) is 4.79 Å². The van der Waals surface area contributed by atoms with Crippen molar-refractivity contribution in [2.24, 2.45) is 5.92 Å². The molecule has 1 heterocycles. The average Bonchev–Trinajstić information content (AvgIpc) is 2.15. The van der Waals surface area contributed by atoms with E-state index in [0.717, 1.165) is 12.8 Å². The molecule has 5 heteroatoms. The summed E-state index contributed by atoms with van der Waals surface area (Å²) in [6.45, 7) is 6.80. The van der Waals surface area contributed by atoms with E-state index in [0.29, 0.717) is 13.1 Å². The lowest BCUT2D eigenvalue weighted by Crippen LogP contribution is -2.42. The maximum absolute atomic E-state index is 11.7. The highest BCUT2D eigenvalue weighted by atomic mass is 35.5. The van der Waals surface area contributed by atoms with Gasteiger partial charge in [-0.25, -0.2) is 4.79 Å². The Morgan fingerprint density at radius 1 is 1.38 bits per heavy atom. The fraction of sp³-hybridized carbons (Fsp3) is 0.818. The second-order valence-electron chi connectivity index (χ2n) is 5.09. The van der Waals surface area contributed by atoms with Crippen LogP contribution in [0.2, 0.25) is 0 Å². The number of likely N-dealkylation sites (tertiary alicyclic amines) is 1. The number of rotatable bonds is 1. The van der Waals surface area contributed by atoms with E-state index in [9.17, 15) is 4.79 Å². The number of piperidine rings is 1. The van der Waals surface area contributed by atoms with Gasteiger partial charge >= 0.3 is 6.09 Å². The predicted octanol–water partition coefficient (Wildman–Crippen LogP) is 2.85. The summed E-state index contributed by atoms with van der Waals surface area (Å²) in [5.74, 6) is 0.111. The SMILES string of the molecule is CC(C)(C)OC(=O)N1CCC(C(=N)Cl)CC1. The summed E-state index contributed by atoms with van der Waals surface area (Å²) in [5.41, 5.74) is -0.451. The van der Waals surface area contributed by atoms with Crippen LogP contribution in [-0.4, -0.2) is 34.9 Å². The first-order valence-electron chi connectivity index (χ1n) is 5.51. The van der Waals surface area contributed by atoms with Gasteiger partial charge in [0, 0.05) is 19.0 Å². The first-order chi connectivity index (χ1) is 7.29. The van der Waals surface area contributed by atoms with Crippen molar-refractivity contribution in [2.75, 3.05) is 13.1 Å². The first-order valence-corrected chi connectivity index (χ1v) is 5.89. The topological polar surface area (TPSA) is 53.4 Å². The van der Waals surface area contributed by atoms with E-state index in [1.54, 1.807) is 4.90 Å². The molecule has 4 nitrogen and oxygen atoms in total. The number of carbonyl (C=O) groups is 1. The molecule has 0 radical (unpaired) electrons. The Bertz CT molecular complexity index is 278. The van der Waals surface area contributed by atoms with E-state index in [1.807, 2.05) is 20.8 Å². The van der Waals surface area contributed by atoms with E-state index in [1.165, 1.54) is 0 Å². The van der Waals surface area contributed by atoms with Crippen molar-refractivity contribution in [3.63, 3.8) is 0 Å². The Labute approximate surface area is 101 Å². The van der Waals surface area contributed by atoms with Gasteiger partial charge in [0.15, 0.2) is 0 Å². The molecule has 1 saturated heterocycles. The molecule has 16 heavy (non-hydrogen) atoms. The van der Waals surface area contributed by atoms with Crippen LogP contribution in [-0.2, 0) is 4.74 Å². The van der Waals surface area contributed by atoms with Crippen LogP contribution >= 0.6 is 11.6 Å². The van der Waals surface area contributed by atoms with Crippen molar-refractivity contribution in [3.8, 4) is 0 Å². The van der Waals surface area contributed by atoms with Gasteiger partial charge in [0.1, 0.15) is 10.8 Å². The molecule has 0 atom stereocenters. The lowest BCUT2D eigenvalue weighted by Gasteiger charge is -2.32. The van der Waals surface area contributed by atoms with E-state index < -0.39 is 5.60 Å². The molecular formula is C11H19ClN2O2. The molecule has 0 unspecified atom stereocenters. The van der Waals surface area contributed by atoms with Gasteiger partial charge in [-0.05, 0) is 33.6 Å². The zero-order valence-electron chi connectivity index (χ0n) is 10.0. The van der Waals surface area contributed by atoms with Gasteiger partial charge in [0.05, 0.1) is 0 Å². The molecule has 0 aromatic rings. The molecule has 0 saturated carbocycles. The number of amides is 1. The molecule has 92 valence electrons. The lowest BCUT2D eigenvalue weighted by molar-refractivity contribution is 0.0202. The molecule has 0 aromatic heterocycles. The number of ether oxygens (including phenoxy) is 1. The Balaban J connectivity index is 2.42. The summed E-state index contributed by atoms with van der Waals surface area (Å²) in [4.78, 5) is 13.4. The minimum atomic E-state index is -0.451. The number of nitrogens with one attached hydrogen (secondary N) is 1. The monoisotopic (exact) mass is 246 g/mol. The molecule has 1 aliphatic rings. The third kappa shape index (κ3) is 4.00. The van der Waals surface area contributed by atoms with E-state index in [4.69, 9.17) is 21.7 Å². The second-order valence-corrected chi connectivity index (χ2v) is 5.50. The number of halogens is 1. The van der Waals surface area contributed by atoms with Gasteiger partial charge in [-0.1, -0.05) is 11.6 Å². The van der Waals surface area contributed by atoms with Gasteiger partial charge in [-0.15, -0.1) is 0 Å². The zero-order chi connectivity index (χ0) is 12.3. The maximum Gasteiger partial charge on any atom is 0.410 e. The molecule has 0 bridgehead atoms. The Hall–Kier alpha value is -0.770. The highest BCUT2D eigenvalue weighted by Crippen LogP contribution is 2.21. The molecule has 0 aliphatic carbocycles. The molecule has 0 spiro atoms. The van der Waals surface area contributed by atoms with Crippen molar-refractivity contribution >= 4 is 22.9 Å². The fourth-order valence-corrected chi connectivity index (χ4v) is 1.86. The van der Waals surface area contributed by atoms with Crippen molar-refractivity contribution in [3.05, 3.63) is 0 Å². The summed E-state index contributed by atoms with van der Waals surface area (Å²) in [7, 11) is 0. The number of nitrogens with zero attached hydrogens (tertiary/aromatic N) is 1. The van der Waals surface area contributed by atoms with Crippen molar-refractivity contribution in [1.82, 2.24) is 4.90 Å². The number of hydrogen-bond acceptors (Lipinski definition) is 3. The second kappa shape index (κ2) is 5.04. The van der Waals surface area contributed by atoms with Crippen LogP contribution in [0, 0.1) is 11.3 Å². The molecule has 0 aromatic carbocycles. The van der Waals surface area contributed by atoms with Gasteiger partial charge < -0.3 is 9.64 Å². The van der Waals surface area contributed by atoms with Crippen molar-refractivity contribution in [1.29, 1.82) is 5.41 Å². The van der Waals surface area contributed by atoms with E-state index >= 15 is 0 Å². The fourth-order valence-electron chi connectivity index (χ4n) is 1.64. The predicted molar refractivity (Wildman–Crippen MR) is 64.1 cm³/mol. The Morgan fingerprint density at radius 2 is 1.88 bits per heavy atom. The lowest BCUT2D eigenvalue weighted by atomic mass is 9.98. The van der Waals surface area contributed by atoms with Crippen LogP contribution in [0.3, 0.4) is 0 Å². The zero-order valence-corrected chi connectivity index (χ0v) is 10.8. The summed E-state index contributed by atoms with van der Waals surface area (Å²) >= 11 is 5.64. The largest absolute Gasteiger partial charge is 0.444 e. The first kappa shape index (κ1) is 13.3. The van der Waals surface area contributed by atoms with Gasteiger partial charge in [0.2, 0.25) is 0 Å². The van der Waals surface area contributed by atoms with Gasteiger partial charge in [-0.3, -0.25) is 5.41 Å². The third-order valence-electron chi connectivity index (χ3n) is 2.51. The minimum Gasteiger partial charge on any atom is -0.444 e. The van der Waals surface area contributed by atoms with Gasteiger partial charge in [0.25, 0.3) is 0 Å². The third-order valence-corrected chi connectivity index (χ3v) is 2.81. The van der Waals surface area contributed by atoms with Crippen LogP contribution in [0.5, 0.6) is 0 Å². The summed E-state index contributed by atoms with van der Waals surface area (Å²) in [6, 6.07) is 0.